The highest BCUT2D eigenvalue weighted by atomic mass is 16.3. The van der Waals surface area contributed by atoms with E-state index < -0.39 is 0 Å². The van der Waals surface area contributed by atoms with Gasteiger partial charge >= 0.3 is 0 Å². The summed E-state index contributed by atoms with van der Waals surface area (Å²) in [7, 11) is 0. The molecule has 1 atom stereocenters. The molecule has 5 heteroatoms. The number of rotatable bonds is 5. The molecule has 0 saturated carbocycles. The molecule has 3 rings (SSSR count). The van der Waals surface area contributed by atoms with Crippen LogP contribution in [0.15, 0.2) is 24.3 Å². The summed E-state index contributed by atoms with van der Waals surface area (Å²) in [5, 5.41) is 12.3. The Hall–Kier alpha value is -1.59. The van der Waals surface area contributed by atoms with Crippen LogP contribution in [0.4, 0.5) is 11.4 Å². The number of anilines is 2. The molecular weight excluding hydrogens is 290 g/mol. The molecule has 5 nitrogen and oxygen atoms in total. The molecule has 0 radical (unpaired) electrons. The molecule has 23 heavy (non-hydrogen) atoms. The fourth-order valence-corrected chi connectivity index (χ4v) is 3.60. The van der Waals surface area contributed by atoms with E-state index in [1.54, 1.807) is 0 Å². The Morgan fingerprint density at radius 3 is 2.52 bits per heavy atom. The van der Waals surface area contributed by atoms with Crippen LogP contribution in [-0.2, 0) is 4.79 Å². The Kier molecular flexibility index (Phi) is 5.51. The summed E-state index contributed by atoms with van der Waals surface area (Å²) in [5.41, 5.74) is 2.08. The topological polar surface area (TPSA) is 55.8 Å². The van der Waals surface area contributed by atoms with Crippen LogP contribution < -0.4 is 10.2 Å². The van der Waals surface area contributed by atoms with Gasteiger partial charge in [-0.25, -0.2) is 0 Å². The Morgan fingerprint density at radius 1 is 1.09 bits per heavy atom. The lowest BCUT2D eigenvalue weighted by atomic mass is 10.1. The van der Waals surface area contributed by atoms with Crippen molar-refractivity contribution in [1.29, 1.82) is 0 Å². The number of piperidine rings is 1. The van der Waals surface area contributed by atoms with Gasteiger partial charge in [0.25, 0.3) is 0 Å². The molecule has 2 aliphatic heterocycles. The SMILES string of the molecule is O=C(CN1CCC[C@@H]1CO)Nc1ccc(N2CCCCC2)cc1. The molecule has 2 heterocycles. The molecule has 1 aromatic carbocycles. The standard InChI is InChI=1S/C18H27N3O2/c22-14-17-5-4-12-21(17)13-18(23)19-15-6-8-16(9-7-15)20-10-2-1-3-11-20/h6-9,17,22H,1-5,10-14H2,(H,19,23)/t17-/m1/s1. The van der Waals surface area contributed by atoms with Crippen molar-refractivity contribution >= 4 is 17.3 Å². The van der Waals surface area contributed by atoms with E-state index in [9.17, 15) is 9.90 Å². The molecular formula is C18H27N3O2. The maximum absolute atomic E-state index is 12.2. The van der Waals surface area contributed by atoms with Crippen molar-refractivity contribution in [2.24, 2.45) is 0 Å². The van der Waals surface area contributed by atoms with Crippen LogP contribution in [0.5, 0.6) is 0 Å². The molecule has 0 unspecified atom stereocenters. The molecule has 0 aliphatic carbocycles. The maximum atomic E-state index is 12.2. The number of hydrogen-bond acceptors (Lipinski definition) is 4. The normalized spacial score (nSPS) is 22.3. The zero-order chi connectivity index (χ0) is 16.1. The molecule has 1 amide bonds. The van der Waals surface area contributed by atoms with E-state index >= 15 is 0 Å². The molecule has 126 valence electrons. The third-order valence-corrected chi connectivity index (χ3v) is 4.93. The van der Waals surface area contributed by atoms with Crippen molar-refractivity contribution in [2.75, 3.05) is 43.0 Å². The van der Waals surface area contributed by atoms with E-state index in [-0.39, 0.29) is 18.6 Å². The number of aliphatic hydroxyl groups is 1. The molecule has 2 fully saturated rings. The minimum Gasteiger partial charge on any atom is -0.395 e. The van der Waals surface area contributed by atoms with Crippen LogP contribution >= 0.6 is 0 Å². The Bertz CT molecular complexity index is 512. The molecule has 0 spiro atoms. The largest absolute Gasteiger partial charge is 0.395 e. The Morgan fingerprint density at radius 2 is 1.83 bits per heavy atom. The fraction of sp³-hybridized carbons (Fsp3) is 0.611. The number of aliphatic hydroxyl groups excluding tert-OH is 1. The summed E-state index contributed by atoms with van der Waals surface area (Å²) < 4.78 is 0. The first-order valence-corrected chi connectivity index (χ1v) is 8.76. The molecule has 2 N–H and O–H groups in total. The van der Waals surface area contributed by atoms with E-state index in [1.165, 1.54) is 24.9 Å². The van der Waals surface area contributed by atoms with Gasteiger partial charge in [-0.1, -0.05) is 0 Å². The second-order valence-corrected chi connectivity index (χ2v) is 6.59. The average molecular weight is 317 g/mol. The molecule has 2 aliphatic rings. The molecule has 0 bridgehead atoms. The average Bonchev–Trinajstić information content (AvgIpc) is 3.03. The third kappa shape index (κ3) is 4.24. The van der Waals surface area contributed by atoms with Crippen LogP contribution in [0, 0.1) is 0 Å². The van der Waals surface area contributed by atoms with Gasteiger partial charge in [-0.05, 0) is 62.9 Å². The van der Waals surface area contributed by atoms with E-state index in [0.717, 1.165) is 38.2 Å². The van der Waals surface area contributed by atoms with E-state index in [2.05, 4.69) is 27.2 Å². The minimum atomic E-state index is -0.00364. The summed E-state index contributed by atoms with van der Waals surface area (Å²) >= 11 is 0. The lowest BCUT2D eigenvalue weighted by Gasteiger charge is -2.29. The van der Waals surface area contributed by atoms with Crippen LogP contribution in [0.25, 0.3) is 0 Å². The van der Waals surface area contributed by atoms with Gasteiger partial charge in [-0.3, -0.25) is 9.69 Å². The number of amides is 1. The number of nitrogens with zero attached hydrogens (tertiary/aromatic N) is 2. The van der Waals surface area contributed by atoms with Gasteiger partial charge < -0.3 is 15.3 Å². The van der Waals surface area contributed by atoms with E-state index in [1.807, 2.05) is 12.1 Å². The van der Waals surface area contributed by atoms with Crippen molar-refractivity contribution in [3.05, 3.63) is 24.3 Å². The van der Waals surface area contributed by atoms with E-state index in [4.69, 9.17) is 0 Å². The van der Waals surface area contributed by atoms with Gasteiger partial charge in [0.1, 0.15) is 0 Å². The van der Waals surface area contributed by atoms with Gasteiger partial charge in [-0.2, -0.15) is 0 Å². The highest BCUT2D eigenvalue weighted by molar-refractivity contribution is 5.92. The first kappa shape index (κ1) is 16.3. The summed E-state index contributed by atoms with van der Waals surface area (Å²) in [6.07, 6.45) is 5.90. The smallest absolute Gasteiger partial charge is 0.238 e. The van der Waals surface area contributed by atoms with Gasteiger partial charge in [-0.15, -0.1) is 0 Å². The van der Waals surface area contributed by atoms with E-state index in [0.29, 0.717) is 6.54 Å². The summed E-state index contributed by atoms with van der Waals surface area (Å²) in [6.45, 7) is 3.65. The number of hydrogen-bond donors (Lipinski definition) is 2. The molecule has 0 aromatic heterocycles. The van der Waals surface area contributed by atoms with Gasteiger partial charge in [0, 0.05) is 30.5 Å². The van der Waals surface area contributed by atoms with Crippen LogP contribution in [0.1, 0.15) is 32.1 Å². The number of carbonyl (C=O) groups is 1. The highest BCUT2D eigenvalue weighted by Crippen LogP contribution is 2.22. The first-order chi connectivity index (χ1) is 11.3. The third-order valence-electron chi connectivity index (χ3n) is 4.93. The second kappa shape index (κ2) is 7.79. The van der Waals surface area contributed by atoms with Crippen molar-refractivity contribution in [3.63, 3.8) is 0 Å². The van der Waals surface area contributed by atoms with Crippen LogP contribution in [0.3, 0.4) is 0 Å². The predicted octanol–water partition coefficient (Wildman–Crippen LogP) is 2.07. The van der Waals surface area contributed by atoms with Gasteiger partial charge in [0.2, 0.25) is 5.91 Å². The second-order valence-electron chi connectivity index (χ2n) is 6.59. The maximum Gasteiger partial charge on any atom is 0.238 e. The monoisotopic (exact) mass is 317 g/mol. The zero-order valence-electron chi connectivity index (χ0n) is 13.7. The summed E-state index contributed by atoms with van der Waals surface area (Å²) in [6, 6.07) is 8.29. The number of nitrogens with one attached hydrogen (secondary N) is 1. The lowest BCUT2D eigenvalue weighted by molar-refractivity contribution is -0.117. The molecule has 1 aromatic rings. The summed E-state index contributed by atoms with van der Waals surface area (Å²) in [4.78, 5) is 16.6. The van der Waals surface area contributed by atoms with Crippen molar-refractivity contribution in [2.45, 2.75) is 38.1 Å². The van der Waals surface area contributed by atoms with Crippen molar-refractivity contribution in [1.82, 2.24) is 4.90 Å². The van der Waals surface area contributed by atoms with Crippen molar-refractivity contribution in [3.8, 4) is 0 Å². The van der Waals surface area contributed by atoms with Gasteiger partial charge in [0.15, 0.2) is 0 Å². The molecule has 2 saturated heterocycles. The number of carbonyl (C=O) groups excluding carboxylic acids is 1. The van der Waals surface area contributed by atoms with Crippen molar-refractivity contribution < 1.29 is 9.90 Å². The number of benzene rings is 1. The zero-order valence-corrected chi connectivity index (χ0v) is 13.7. The van der Waals surface area contributed by atoms with Crippen LogP contribution in [0.2, 0.25) is 0 Å². The fourth-order valence-electron chi connectivity index (χ4n) is 3.60. The lowest BCUT2D eigenvalue weighted by Crippen LogP contribution is -2.38. The minimum absolute atomic E-state index is 0.00364. The van der Waals surface area contributed by atoms with Crippen LogP contribution in [-0.4, -0.2) is 54.7 Å². The Balaban J connectivity index is 1.52. The summed E-state index contributed by atoms with van der Waals surface area (Å²) in [5.74, 6) is -0.00364. The van der Waals surface area contributed by atoms with Gasteiger partial charge in [0.05, 0.1) is 13.2 Å². The first-order valence-electron chi connectivity index (χ1n) is 8.76. The number of likely N-dealkylation sites (tertiary alicyclic amines) is 1. The predicted molar refractivity (Wildman–Crippen MR) is 92.8 cm³/mol. The Labute approximate surface area is 138 Å². The highest BCUT2D eigenvalue weighted by Gasteiger charge is 2.25. The quantitative estimate of drug-likeness (QED) is 0.873.